The van der Waals surface area contributed by atoms with Crippen LogP contribution in [0.15, 0.2) is 30.6 Å². The van der Waals surface area contributed by atoms with E-state index in [2.05, 4.69) is 14.5 Å². The molecule has 2 heterocycles. The third-order valence-corrected chi connectivity index (χ3v) is 3.58. The molecule has 6 heteroatoms. The number of nitrogens with zero attached hydrogens (tertiary/aromatic N) is 3. The number of nitrogens with one attached hydrogen (secondary N) is 1. The molecule has 1 aliphatic rings. The summed E-state index contributed by atoms with van der Waals surface area (Å²) in [7, 11) is 0. The van der Waals surface area contributed by atoms with Gasteiger partial charge < -0.3 is 10.3 Å². The van der Waals surface area contributed by atoms with Gasteiger partial charge in [0.1, 0.15) is 17.5 Å². The van der Waals surface area contributed by atoms with Gasteiger partial charge in [-0.3, -0.25) is 10.3 Å². The first-order chi connectivity index (χ1) is 9.63. The minimum Gasteiger partial charge on any atom is -0.384 e. The summed E-state index contributed by atoms with van der Waals surface area (Å²) in [5.74, 6) is 0.582. The van der Waals surface area contributed by atoms with Gasteiger partial charge in [0.25, 0.3) is 0 Å². The van der Waals surface area contributed by atoms with E-state index in [-0.39, 0.29) is 11.7 Å². The molecule has 0 saturated heterocycles. The number of halogens is 1. The second-order valence-corrected chi connectivity index (χ2v) is 4.97. The Morgan fingerprint density at radius 3 is 3.00 bits per heavy atom. The van der Waals surface area contributed by atoms with Crippen molar-refractivity contribution in [3.63, 3.8) is 0 Å². The number of aromatic nitrogens is 2. The molecule has 0 saturated carbocycles. The molecule has 20 heavy (non-hydrogen) atoms. The lowest BCUT2D eigenvalue weighted by molar-refractivity contribution is 0.206. The molecule has 104 valence electrons. The Labute approximate surface area is 116 Å². The molecule has 0 radical (unpaired) electrons. The fourth-order valence-corrected chi connectivity index (χ4v) is 2.44. The third-order valence-electron chi connectivity index (χ3n) is 3.58. The predicted molar refractivity (Wildman–Crippen MR) is 73.8 cm³/mol. The van der Waals surface area contributed by atoms with Crippen LogP contribution >= 0.6 is 0 Å². The third kappa shape index (κ3) is 2.42. The number of rotatable bonds is 3. The van der Waals surface area contributed by atoms with Crippen LogP contribution in [0.5, 0.6) is 0 Å². The average molecular weight is 273 g/mol. The number of benzene rings is 1. The van der Waals surface area contributed by atoms with Crippen LogP contribution in [0.4, 0.5) is 4.39 Å². The first-order valence-corrected chi connectivity index (χ1v) is 6.48. The maximum atomic E-state index is 14.0. The fraction of sp³-hybridized carbons (Fsp3) is 0.286. The van der Waals surface area contributed by atoms with Gasteiger partial charge >= 0.3 is 0 Å². The second kappa shape index (κ2) is 5.05. The number of hydrogen-bond donors (Lipinski definition) is 2. The summed E-state index contributed by atoms with van der Waals surface area (Å²) in [4.78, 5) is 6.45. The number of imidazole rings is 1. The molecule has 0 unspecified atom stereocenters. The van der Waals surface area contributed by atoms with E-state index in [9.17, 15) is 4.39 Å². The maximum absolute atomic E-state index is 14.0. The minimum absolute atomic E-state index is 0.115. The van der Waals surface area contributed by atoms with Crippen LogP contribution in [-0.2, 0) is 19.6 Å². The second-order valence-electron chi connectivity index (χ2n) is 4.97. The maximum Gasteiger partial charge on any atom is 0.128 e. The molecule has 3 N–H and O–H groups in total. The first-order valence-electron chi connectivity index (χ1n) is 6.48. The average Bonchev–Trinajstić information content (AvgIpc) is 2.88. The highest BCUT2D eigenvalue weighted by atomic mass is 19.1. The number of hydrogen-bond acceptors (Lipinski definition) is 3. The highest BCUT2D eigenvalue weighted by Crippen LogP contribution is 2.17. The zero-order chi connectivity index (χ0) is 14.1. The molecular formula is C14H16FN5. The van der Waals surface area contributed by atoms with Crippen LogP contribution in [0.3, 0.4) is 0 Å². The van der Waals surface area contributed by atoms with Crippen LogP contribution in [0, 0.1) is 11.2 Å². The summed E-state index contributed by atoms with van der Waals surface area (Å²) in [5, 5.41) is 7.31. The van der Waals surface area contributed by atoms with Gasteiger partial charge in [0.05, 0.1) is 6.54 Å². The molecule has 0 fully saturated rings. The van der Waals surface area contributed by atoms with E-state index >= 15 is 0 Å². The Bertz CT molecular complexity index is 649. The van der Waals surface area contributed by atoms with Gasteiger partial charge in [0, 0.05) is 43.2 Å². The Hall–Kier alpha value is -2.21. The van der Waals surface area contributed by atoms with Crippen molar-refractivity contribution in [2.75, 3.05) is 6.54 Å². The molecular weight excluding hydrogens is 257 g/mol. The number of nitrogens with two attached hydrogens (primary N) is 1. The highest BCUT2D eigenvalue weighted by Gasteiger charge is 2.18. The van der Waals surface area contributed by atoms with Crippen LogP contribution in [0.1, 0.15) is 17.0 Å². The molecule has 1 aromatic carbocycles. The van der Waals surface area contributed by atoms with Crippen molar-refractivity contribution in [3.8, 4) is 0 Å². The van der Waals surface area contributed by atoms with E-state index in [0.717, 1.165) is 25.5 Å². The van der Waals surface area contributed by atoms with Gasteiger partial charge in [-0.1, -0.05) is 12.1 Å². The van der Waals surface area contributed by atoms with Gasteiger partial charge in [0.2, 0.25) is 0 Å². The summed E-state index contributed by atoms with van der Waals surface area (Å²) in [6.07, 6.45) is 3.76. The molecule has 1 aliphatic heterocycles. The zero-order valence-electron chi connectivity index (χ0n) is 11.0. The molecule has 1 aromatic heterocycles. The lowest BCUT2D eigenvalue weighted by Gasteiger charge is -2.27. The molecule has 2 aromatic rings. The van der Waals surface area contributed by atoms with Crippen molar-refractivity contribution in [1.82, 2.24) is 14.5 Å². The summed E-state index contributed by atoms with van der Waals surface area (Å²) in [5.41, 5.74) is 6.39. The van der Waals surface area contributed by atoms with Crippen molar-refractivity contribution in [3.05, 3.63) is 53.4 Å². The smallest absolute Gasteiger partial charge is 0.128 e. The summed E-state index contributed by atoms with van der Waals surface area (Å²) in [6, 6.07) is 4.71. The van der Waals surface area contributed by atoms with Gasteiger partial charge in [-0.25, -0.2) is 9.37 Å². The Morgan fingerprint density at radius 2 is 2.25 bits per heavy atom. The number of nitrogen functional groups attached to an aromatic ring is 1. The number of amidine groups is 1. The van der Waals surface area contributed by atoms with Gasteiger partial charge in [0.15, 0.2) is 0 Å². The predicted octanol–water partition coefficient (Wildman–Crippen LogP) is 1.32. The topological polar surface area (TPSA) is 70.9 Å². The van der Waals surface area contributed by atoms with Crippen LogP contribution in [0.25, 0.3) is 0 Å². The van der Waals surface area contributed by atoms with Crippen molar-refractivity contribution < 1.29 is 4.39 Å². The van der Waals surface area contributed by atoms with Crippen LogP contribution in [0.2, 0.25) is 0 Å². The van der Waals surface area contributed by atoms with Gasteiger partial charge in [-0.15, -0.1) is 0 Å². The normalized spacial score (nSPS) is 15.1. The van der Waals surface area contributed by atoms with E-state index in [4.69, 9.17) is 11.1 Å². The van der Waals surface area contributed by atoms with E-state index in [0.29, 0.717) is 17.7 Å². The monoisotopic (exact) mass is 273 g/mol. The van der Waals surface area contributed by atoms with E-state index in [1.54, 1.807) is 18.3 Å². The van der Waals surface area contributed by atoms with Crippen molar-refractivity contribution in [2.24, 2.45) is 5.73 Å². The standard InChI is InChI=1S/C14H16FN5/c15-12-7-10(14(16)17)1-2-11(12)8-19-5-6-20-4-3-18-13(20)9-19/h1-4,7H,5-6,8-9H2,(H3,16,17). The SMILES string of the molecule is N=C(N)c1ccc(CN2CCn3ccnc3C2)c(F)c1. The largest absolute Gasteiger partial charge is 0.384 e. The van der Waals surface area contributed by atoms with Crippen molar-refractivity contribution in [1.29, 1.82) is 5.41 Å². The summed E-state index contributed by atoms with van der Waals surface area (Å²) in [6.45, 7) is 3.01. The molecule has 0 atom stereocenters. The molecule has 0 aliphatic carbocycles. The minimum atomic E-state index is -0.313. The molecule has 0 bridgehead atoms. The highest BCUT2D eigenvalue weighted by molar-refractivity contribution is 5.94. The Balaban J connectivity index is 1.74. The Morgan fingerprint density at radius 1 is 1.40 bits per heavy atom. The zero-order valence-corrected chi connectivity index (χ0v) is 11.0. The van der Waals surface area contributed by atoms with E-state index in [1.165, 1.54) is 6.07 Å². The summed E-state index contributed by atoms with van der Waals surface area (Å²) >= 11 is 0. The quantitative estimate of drug-likeness (QED) is 0.654. The van der Waals surface area contributed by atoms with E-state index < -0.39 is 0 Å². The number of fused-ring (bicyclic) bond motifs is 1. The lowest BCUT2D eigenvalue weighted by atomic mass is 10.1. The van der Waals surface area contributed by atoms with Crippen LogP contribution in [-0.4, -0.2) is 26.8 Å². The molecule has 0 spiro atoms. The molecule has 3 rings (SSSR count). The van der Waals surface area contributed by atoms with Crippen molar-refractivity contribution in [2.45, 2.75) is 19.6 Å². The Kier molecular flexibility index (Phi) is 3.23. The van der Waals surface area contributed by atoms with Gasteiger partial charge in [-0.2, -0.15) is 0 Å². The van der Waals surface area contributed by atoms with Crippen molar-refractivity contribution >= 4 is 5.84 Å². The summed E-state index contributed by atoms with van der Waals surface area (Å²) < 4.78 is 16.1. The van der Waals surface area contributed by atoms with Gasteiger partial charge in [-0.05, 0) is 6.07 Å². The lowest BCUT2D eigenvalue weighted by Crippen LogP contribution is -2.33. The molecule has 5 nitrogen and oxygen atoms in total. The fourth-order valence-electron chi connectivity index (χ4n) is 2.44. The molecule has 0 amide bonds. The first kappa shape index (κ1) is 12.8. The van der Waals surface area contributed by atoms with E-state index in [1.807, 2.05) is 6.20 Å². The van der Waals surface area contributed by atoms with Crippen LogP contribution < -0.4 is 5.73 Å².